The second-order valence-electron chi connectivity index (χ2n) is 6.60. The number of benzene rings is 2. The van der Waals surface area contributed by atoms with Crippen molar-refractivity contribution in [3.8, 4) is 5.75 Å². The van der Waals surface area contributed by atoms with E-state index in [9.17, 15) is 22.0 Å². The van der Waals surface area contributed by atoms with Crippen LogP contribution >= 0.6 is 0 Å². The molecule has 152 valence electrons. The summed E-state index contributed by atoms with van der Waals surface area (Å²) in [6.07, 6.45) is 0.872. The summed E-state index contributed by atoms with van der Waals surface area (Å²) in [5.74, 6) is -7.10. The Hall–Kier alpha value is -2.19. The van der Waals surface area contributed by atoms with Gasteiger partial charge in [0.05, 0.1) is 13.2 Å². The summed E-state index contributed by atoms with van der Waals surface area (Å²) in [6.45, 7) is 2.34. The molecule has 0 aromatic heterocycles. The molecule has 1 aliphatic rings. The molecular formula is C20H19F5O3. The molecule has 0 spiro atoms. The first-order chi connectivity index (χ1) is 13.4. The third-order valence-electron chi connectivity index (χ3n) is 4.43. The second kappa shape index (κ2) is 8.87. The predicted octanol–water partition coefficient (Wildman–Crippen LogP) is 5.42. The normalized spacial score (nSPS) is 19.6. The lowest BCUT2D eigenvalue weighted by molar-refractivity contribution is -0.207. The Morgan fingerprint density at radius 1 is 0.929 bits per heavy atom. The number of rotatable bonds is 6. The van der Waals surface area contributed by atoms with Crippen LogP contribution in [0, 0.1) is 35.0 Å². The molecule has 1 fully saturated rings. The van der Waals surface area contributed by atoms with Gasteiger partial charge in [0.1, 0.15) is 6.61 Å². The Morgan fingerprint density at radius 3 is 2.18 bits per heavy atom. The highest BCUT2D eigenvalue weighted by atomic mass is 19.2. The lowest BCUT2D eigenvalue weighted by Gasteiger charge is -2.29. The summed E-state index contributed by atoms with van der Waals surface area (Å²) in [6, 6.07) is 3.88. The van der Waals surface area contributed by atoms with E-state index >= 15 is 0 Å². The van der Waals surface area contributed by atoms with Crippen LogP contribution in [0.3, 0.4) is 0 Å². The summed E-state index contributed by atoms with van der Waals surface area (Å²) < 4.78 is 84.2. The zero-order valence-electron chi connectivity index (χ0n) is 15.1. The summed E-state index contributed by atoms with van der Waals surface area (Å²) in [4.78, 5) is 0. The molecule has 2 aromatic rings. The third-order valence-corrected chi connectivity index (χ3v) is 4.43. The van der Waals surface area contributed by atoms with E-state index in [4.69, 9.17) is 14.2 Å². The molecule has 1 saturated heterocycles. The number of hydrogen-bond donors (Lipinski definition) is 0. The highest BCUT2D eigenvalue weighted by Crippen LogP contribution is 2.32. The first-order valence-corrected chi connectivity index (χ1v) is 8.88. The predicted molar refractivity (Wildman–Crippen MR) is 90.0 cm³/mol. The molecule has 8 heteroatoms. The van der Waals surface area contributed by atoms with Gasteiger partial charge in [0, 0.05) is 11.5 Å². The molecule has 1 heterocycles. The van der Waals surface area contributed by atoms with Gasteiger partial charge in [-0.15, -0.1) is 0 Å². The Kier molecular flexibility index (Phi) is 6.51. The first-order valence-electron chi connectivity index (χ1n) is 8.88. The topological polar surface area (TPSA) is 27.7 Å². The molecule has 0 N–H and O–H groups in total. The van der Waals surface area contributed by atoms with Crippen LogP contribution in [0.1, 0.15) is 37.2 Å². The second-order valence-corrected chi connectivity index (χ2v) is 6.60. The van der Waals surface area contributed by atoms with Crippen LogP contribution in [0.25, 0.3) is 0 Å². The molecule has 1 aliphatic heterocycles. The zero-order valence-corrected chi connectivity index (χ0v) is 15.1. The average Bonchev–Trinajstić information content (AvgIpc) is 2.68. The maximum Gasteiger partial charge on any atom is 0.201 e. The summed E-state index contributed by atoms with van der Waals surface area (Å²) in [5, 5.41) is 0. The van der Waals surface area contributed by atoms with Crippen LogP contribution in [-0.2, 0) is 16.1 Å². The van der Waals surface area contributed by atoms with Gasteiger partial charge in [-0.1, -0.05) is 13.3 Å². The highest BCUT2D eigenvalue weighted by Gasteiger charge is 2.27. The largest absolute Gasteiger partial charge is 0.486 e. The molecular weight excluding hydrogens is 383 g/mol. The van der Waals surface area contributed by atoms with Crippen LogP contribution in [0.5, 0.6) is 5.75 Å². The maximum atomic E-state index is 14.4. The van der Waals surface area contributed by atoms with E-state index in [0.29, 0.717) is 13.2 Å². The molecule has 28 heavy (non-hydrogen) atoms. The standard InChI is InChI=1S/C20H19F5O3/c1-2-3-11-8-27-20(28-9-11)13-4-5-16(19(25)17(13)23)26-10-12-6-14(21)18(24)15(22)7-12/h4-7,11,20H,2-3,8-10H2,1H3. The fourth-order valence-corrected chi connectivity index (χ4v) is 2.99. The molecule has 0 radical (unpaired) electrons. The quantitative estimate of drug-likeness (QED) is 0.477. The average molecular weight is 402 g/mol. The van der Waals surface area contributed by atoms with Crippen molar-refractivity contribution in [1.29, 1.82) is 0 Å². The van der Waals surface area contributed by atoms with Crippen LogP contribution in [-0.4, -0.2) is 13.2 Å². The Balaban J connectivity index is 1.69. The molecule has 0 bridgehead atoms. The van der Waals surface area contributed by atoms with Gasteiger partial charge in [-0.3, -0.25) is 0 Å². The summed E-state index contributed by atoms with van der Waals surface area (Å²) >= 11 is 0. The van der Waals surface area contributed by atoms with Gasteiger partial charge in [0.15, 0.2) is 35.3 Å². The molecule has 0 aliphatic carbocycles. The van der Waals surface area contributed by atoms with Gasteiger partial charge < -0.3 is 14.2 Å². The van der Waals surface area contributed by atoms with E-state index in [0.717, 1.165) is 25.0 Å². The highest BCUT2D eigenvalue weighted by molar-refractivity contribution is 5.32. The van der Waals surface area contributed by atoms with E-state index in [-0.39, 0.29) is 17.0 Å². The van der Waals surface area contributed by atoms with Crippen molar-refractivity contribution in [3.05, 3.63) is 64.5 Å². The number of ether oxygens (including phenoxy) is 3. The van der Waals surface area contributed by atoms with Gasteiger partial charge in [0.25, 0.3) is 0 Å². The van der Waals surface area contributed by atoms with Crippen molar-refractivity contribution in [2.45, 2.75) is 32.7 Å². The van der Waals surface area contributed by atoms with E-state index in [1.165, 1.54) is 12.1 Å². The first kappa shape index (κ1) is 20.5. The molecule has 3 nitrogen and oxygen atoms in total. The van der Waals surface area contributed by atoms with Crippen molar-refractivity contribution in [2.24, 2.45) is 5.92 Å². The van der Waals surface area contributed by atoms with E-state index < -0.39 is 47.7 Å². The van der Waals surface area contributed by atoms with E-state index in [1.54, 1.807) is 0 Å². The third kappa shape index (κ3) is 4.44. The van der Waals surface area contributed by atoms with Crippen molar-refractivity contribution in [2.75, 3.05) is 13.2 Å². The van der Waals surface area contributed by atoms with Crippen LogP contribution in [0.2, 0.25) is 0 Å². The number of halogens is 5. The number of hydrogen-bond acceptors (Lipinski definition) is 3. The van der Waals surface area contributed by atoms with Crippen LogP contribution in [0.15, 0.2) is 24.3 Å². The molecule has 0 amide bonds. The molecule has 0 saturated carbocycles. The minimum Gasteiger partial charge on any atom is -0.486 e. The fourth-order valence-electron chi connectivity index (χ4n) is 2.99. The zero-order chi connectivity index (χ0) is 20.3. The summed E-state index contributed by atoms with van der Waals surface area (Å²) in [5.41, 5.74) is -0.167. The molecule has 2 aromatic carbocycles. The van der Waals surface area contributed by atoms with Gasteiger partial charge in [0.2, 0.25) is 5.82 Å². The summed E-state index contributed by atoms with van der Waals surface area (Å²) in [7, 11) is 0. The smallest absolute Gasteiger partial charge is 0.201 e. The minimum absolute atomic E-state index is 0.0683. The van der Waals surface area contributed by atoms with Crippen LogP contribution in [0.4, 0.5) is 22.0 Å². The van der Waals surface area contributed by atoms with E-state index in [1.807, 2.05) is 6.92 Å². The monoisotopic (exact) mass is 402 g/mol. The lowest BCUT2D eigenvalue weighted by atomic mass is 10.0. The lowest BCUT2D eigenvalue weighted by Crippen LogP contribution is -2.27. The fraction of sp³-hybridized carbons (Fsp3) is 0.400. The maximum absolute atomic E-state index is 14.4. The van der Waals surface area contributed by atoms with E-state index in [2.05, 4.69) is 0 Å². The Morgan fingerprint density at radius 2 is 1.57 bits per heavy atom. The van der Waals surface area contributed by atoms with Crippen molar-refractivity contribution in [3.63, 3.8) is 0 Å². The van der Waals surface area contributed by atoms with Gasteiger partial charge in [-0.2, -0.15) is 4.39 Å². The Labute approximate surface area is 159 Å². The van der Waals surface area contributed by atoms with Crippen molar-refractivity contribution in [1.82, 2.24) is 0 Å². The minimum atomic E-state index is -1.61. The SMILES string of the molecule is CCCC1COC(c2ccc(OCc3cc(F)c(F)c(F)c3)c(F)c2F)OC1. The molecule has 0 atom stereocenters. The van der Waals surface area contributed by atoms with Crippen molar-refractivity contribution < 1.29 is 36.2 Å². The molecule has 0 unspecified atom stereocenters. The Bertz CT molecular complexity index is 812. The van der Waals surface area contributed by atoms with Gasteiger partial charge >= 0.3 is 0 Å². The van der Waals surface area contributed by atoms with Gasteiger partial charge in [-0.25, -0.2) is 17.6 Å². The molecule has 3 rings (SSSR count). The van der Waals surface area contributed by atoms with Crippen molar-refractivity contribution >= 4 is 0 Å². The van der Waals surface area contributed by atoms with Gasteiger partial charge in [-0.05, 0) is 36.2 Å². The van der Waals surface area contributed by atoms with Crippen LogP contribution < -0.4 is 4.74 Å².